The number of carbonyl (C=O) groups excluding carboxylic acids is 1. The van der Waals surface area contributed by atoms with Crippen molar-refractivity contribution in [1.29, 1.82) is 0 Å². The number of ether oxygens (including phenoxy) is 1. The van der Waals surface area contributed by atoms with E-state index >= 15 is 0 Å². The van der Waals surface area contributed by atoms with Gasteiger partial charge in [0.2, 0.25) is 0 Å². The second kappa shape index (κ2) is 7.47. The molecule has 0 aliphatic rings. The van der Waals surface area contributed by atoms with Crippen molar-refractivity contribution in [3.8, 4) is 0 Å². The van der Waals surface area contributed by atoms with Gasteiger partial charge in [-0.2, -0.15) is 0 Å². The number of hydrogen-bond donors (Lipinski definition) is 0. The fourth-order valence-corrected chi connectivity index (χ4v) is 2.47. The first-order chi connectivity index (χ1) is 9.36. The van der Waals surface area contributed by atoms with Crippen LogP contribution in [0.25, 0.3) is 0 Å². The fraction of sp³-hybridized carbons (Fsp3) is 0.611. The smallest absolute Gasteiger partial charge is 0.312 e. The third-order valence-electron chi connectivity index (χ3n) is 4.04. The Morgan fingerprint density at radius 2 is 1.75 bits per heavy atom. The molecule has 0 radical (unpaired) electrons. The van der Waals surface area contributed by atoms with Gasteiger partial charge < -0.3 is 4.74 Å². The highest BCUT2D eigenvalue weighted by atomic mass is 16.5. The molecule has 0 saturated carbocycles. The van der Waals surface area contributed by atoms with Crippen molar-refractivity contribution in [2.24, 2.45) is 17.3 Å². The third-order valence-corrected chi connectivity index (χ3v) is 4.04. The maximum absolute atomic E-state index is 12.4. The standard InChI is InChI=1S/C18H28O2/c1-14(2)13-18(5,15(3)4)17(19)20-12-11-16-9-7-6-8-10-16/h6-10,14-15H,11-13H2,1-5H3. The molecule has 0 aromatic heterocycles. The lowest BCUT2D eigenvalue weighted by Crippen LogP contribution is -2.36. The van der Waals surface area contributed by atoms with Gasteiger partial charge in [0.1, 0.15) is 0 Å². The van der Waals surface area contributed by atoms with Crippen LogP contribution in [-0.4, -0.2) is 12.6 Å². The maximum atomic E-state index is 12.4. The van der Waals surface area contributed by atoms with E-state index in [4.69, 9.17) is 4.74 Å². The number of carbonyl (C=O) groups is 1. The zero-order chi connectivity index (χ0) is 15.2. The molecule has 0 N–H and O–H groups in total. The van der Waals surface area contributed by atoms with Crippen molar-refractivity contribution < 1.29 is 9.53 Å². The quantitative estimate of drug-likeness (QED) is 0.686. The van der Waals surface area contributed by atoms with Crippen LogP contribution in [0.3, 0.4) is 0 Å². The number of hydrogen-bond acceptors (Lipinski definition) is 2. The number of rotatable bonds is 7. The Labute approximate surface area is 123 Å². The van der Waals surface area contributed by atoms with Crippen molar-refractivity contribution >= 4 is 5.97 Å². The molecule has 1 rings (SSSR count). The minimum Gasteiger partial charge on any atom is -0.465 e. The lowest BCUT2D eigenvalue weighted by Gasteiger charge is -2.32. The minimum atomic E-state index is -0.384. The maximum Gasteiger partial charge on any atom is 0.312 e. The second-order valence-corrected chi connectivity index (χ2v) is 6.54. The van der Waals surface area contributed by atoms with Crippen molar-refractivity contribution in [3.05, 3.63) is 35.9 Å². The van der Waals surface area contributed by atoms with E-state index in [2.05, 4.69) is 39.8 Å². The Kier molecular flexibility index (Phi) is 6.25. The average molecular weight is 276 g/mol. The van der Waals surface area contributed by atoms with Crippen LogP contribution >= 0.6 is 0 Å². The molecule has 0 saturated heterocycles. The van der Waals surface area contributed by atoms with Crippen LogP contribution in [0.4, 0.5) is 0 Å². The van der Waals surface area contributed by atoms with Gasteiger partial charge in [0, 0.05) is 6.42 Å². The molecule has 0 aliphatic carbocycles. The van der Waals surface area contributed by atoms with E-state index in [1.807, 2.05) is 25.1 Å². The molecular weight excluding hydrogens is 248 g/mol. The van der Waals surface area contributed by atoms with Gasteiger partial charge in [0.15, 0.2) is 0 Å². The first-order valence-corrected chi connectivity index (χ1v) is 7.57. The fourth-order valence-electron chi connectivity index (χ4n) is 2.47. The zero-order valence-electron chi connectivity index (χ0n) is 13.5. The largest absolute Gasteiger partial charge is 0.465 e. The molecule has 112 valence electrons. The molecule has 2 nitrogen and oxygen atoms in total. The summed E-state index contributed by atoms with van der Waals surface area (Å²) in [7, 11) is 0. The van der Waals surface area contributed by atoms with E-state index in [1.165, 1.54) is 5.56 Å². The summed E-state index contributed by atoms with van der Waals surface area (Å²) in [4.78, 5) is 12.4. The van der Waals surface area contributed by atoms with Gasteiger partial charge in [-0.3, -0.25) is 4.79 Å². The molecule has 20 heavy (non-hydrogen) atoms. The lowest BCUT2D eigenvalue weighted by atomic mass is 9.73. The van der Waals surface area contributed by atoms with E-state index in [0.717, 1.165) is 12.8 Å². The summed E-state index contributed by atoms with van der Waals surface area (Å²) in [5.41, 5.74) is 0.820. The molecule has 1 unspecified atom stereocenters. The Morgan fingerprint density at radius 3 is 2.25 bits per heavy atom. The summed E-state index contributed by atoms with van der Waals surface area (Å²) in [5.74, 6) is 0.718. The normalized spacial score (nSPS) is 14.3. The Bertz CT molecular complexity index is 409. The predicted molar refractivity (Wildman–Crippen MR) is 83.5 cm³/mol. The van der Waals surface area contributed by atoms with Crippen LogP contribution in [0.5, 0.6) is 0 Å². The SMILES string of the molecule is CC(C)CC(C)(C(=O)OCCc1ccccc1)C(C)C. The van der Waals surface area contributed by atoms with E-state index in [9.17, 15) is 4.79 Å². The van der Waals surface area contributed by atoms with Gasteiger partial charge >= 0.3 is 5.97 Å². The van der Waals surface area contributed by atoms with Crippen molar-refractivity contribution in [1.82, 2.24) is 0 Å². The summed E-state index contributed by atoms with van der Waals surface area (Å²) in [6.45, 7) is 11.0. The molecule has 0 spiro atoms. The van der Waals surface area contributed by atoms with Crippen LogP contribution in [0.1, 0.15) is 46.6 Å². The minimum absolute atomic E-state index is 0.0582. The molecule has 0 amide bonds. The second-order valence-electron chi connectivity index (χ2n) is 6.54. The van der Waals surface area contributed by atoms with Crippen LogP contribution in [0.15, 0.2) is 30.3 Å². The Balaban J connectivity index is 2.55. The number of benzene rings is 1. The molecule has 0 fully saturated rings. The third kappa shape index (κ3) is 4.66. The van der Waals surface area contributed by atoms with Gasteiger partial charge in [0.05, 0.1) is 12.0 Å². The zero-order valence-corrected chi connectivity index (χ0v) is 13.5. The van der Waals surface area contributed by atoms with Gasteiger partial charge in [-0.05, 0) is 30.7 Å². The van der Waals surface area contributed by atoms with E-state index in [1.54, 1.807) is 0 Å². The van der Waals surface area contributed by atoms with E-state index < -0.39 is 0 Å². The van der Waals surface area contributed by atoms with Crippen LogP contribution < -0.4 is 0 Å². The molecule has 2 heteroatoms. The summed E-state index contributed by atoms with van der Waals surface area (Å²) in [5, 5.41) is 0. The Morgan fingerprint density at radius 1 is 1.15 bits per heavy atom. The molecular formula is C18H28O2. The summed E-state index contributed by atoms with van der Waals surface area (Å²) in [6, 6.07) is 10.1. The van der Waals surface area contributed by atoms with Gasteiger partial charge in [-0.15, -0.1) is 0 Å². The highest BCUT2D eigenvalue weighted by molar-refractivity contribution is 5.76. The topological polar surface area (TPSA) is 26.3 Å². The molecule has 0 heterocycles. The summed E-state index contributed by atoms with van der Waals surface area (Å²) >= 11 is 0. The predicted octanol–water partition coefficient (Wildman–Crippen LogP) is 4.48. The van der Waals surface area contributed by atoms with E-state index in [-0.39, 0.29) is 17.3 Å². The summed E-state index contributed by atoms with van der Waals surface area (Å²) in [6.07, 6.45) is 1.65. The van der Waals surface area contributed by atoms with Crippen LogP contribution in [0, 0.1) is 17.3 Å². The van der Waals surface area contributed by atoms with E-state index in [0.29, 0.717) is 12.5 Å². The monoisotopic (exact) mass is 276 g/mol. The molecule has 1 aromatic carbocycles. The van der Waals surface area contributed by atoms with Gasteiger partial charge in [0.25, 0.3) is 0 Å². The molecule has 1 aromatic rings. The molecule has 0 aliphatic heterocycles. The summed E-state index contributed by atoms with van der Waals surface area (Å²) < 4.78 is 5.53. The molecule has 1 atom stereocenters. The lowest BCUT2D eigenvalue weighted by molar-refractivity contribution is -0.158. The van der Waals surface area contributed by atoms with Crippen molar-refractivity contribution in [2.45, 2.75) is 47.5 Å². The van der Waals surface area contributed by atoms with Crippen molar-refractivity contribution in [3.63, 3.8) is 0 Å². The van der Waals surface area contributed by atoms with Gasteiger partial charge in [-0.1, -0.05) is 58.0 Å². The Hall–Kier alpha value is -1.31. The van der Waals surface area contributed by atoms with Crippen LogP contribution in [0.2, 0.25) is 0 Å². The first-order valence-electron chi connectivity index (χ1n) is 7.57. The number of esters is 1. The van der Waals surface area contributed by atoms with Crippen LogP contribution in [-0.2, 0) is 16.0 Å². The average Bonchev–Trinajstić information content (AvgIpc) is 2.38. The first kappa shape index (κ1) is 16.7. The highest BCUT2D eigenvalue weighted by Crippen LogP contribution is 2.35. The van der Waals surface area contributed by atoms with Crippen molar-refractivity contribution in [2.75, 3.05) is 6.61 Å². The highest BCUT2D eigenvalue weighted by Gasteiger charge is 2.38. The molecule has 0 bridgehead atoms. The van der Waals surface area contributed by atoms with Gasteiger partial charge in [-0.25, -0.2) is 0 Å².